The fourth-order valence-corrected chi connectivity index (χ4v) is 2.06. The first-order valence-corrected chi connectivity index (χ1v) is 6.50. The predicted octanol–water partition coefficient (Wildman–Crippen LogP) is -0.733. The van der Waals surface area contributed by atoms with Gasteiger partial charge < -0.3 is 29.9 Å². The molecule has 116 valence electrons. The summed E-state index contributed by atoms with van der Waals surface area (Å²) in [6, 6.07) is -0.314. The minimum Gasteiger partial charge on any atom is -0.481 e. The second kappa shape index (κ2) is 8.03. The molecule has 0 saturated carbocycles. The number of amides is 2. The Bertz CT molecular complexity index is 338. The average molecular weight is 290 g/mol. The van der Waals surface area contributed by atoms with Crippen LogP contribution in [0.25, 0.3) is 0 Å². The van der Waals surface area contributed by atoms with Crippen molar-refractivity contribution in [2.75, 3.05) is 33.4 Å². The molecule has 1 rings (SSSR count). The molecule has 0 aromatic carbocycles. The Balaban J connectivity index is 2.43. The van der Waals surface area contributed by atoms with Gasteiger partial charge in [0.05, 0.1) is 37.9 Å². The lowest BCUT2D eigenvalue weighted by molar-refractivity contribution is -0.139. The summed E-state index contributed by atoms with van der Waals surface area (Å²) in [5, 5.41) is 20.4. The second-order valence-electron chi connectivity index (χ2n) is 4.80. The number of methoxy groups -OCH3 is 1. The Hall–Kier alpha value is -1.38. The van der Waals surface area contributed by atoms with Crippen molar-refractivity contribution in [1.29, 1.82) is 0 Å². The molecule has 8 nitrogen and oxygen atoms in total. The lowest BCUT2D eigenvalue weighted by atomic mass is 10.2. The Labute approximate surface area is 117 Å². The maximum Gasteiger partial charge on any atom is 0.317 e. The number of ether oxygens (including phenoxy) is 2. The van der Waals surface area contributed by atoms with Gasteiger partial charge in [0.15, 0.2) is 0 Å². The van der Waals surface area contributed by atoms with Gasteiger partial charge in [0, 0.05) is 20.2 Å². The molecule has 3 N–H and O–H groups in total. The fourth-order valence-electron chi connectivity index (χ4n) is 2.06. The first-order chi connectivity index (χ1) is 9.46. The van der Waals surface area contributed by atoms with Crippen molar-refractivity contribution in [3.8, 4) is 0 Å². The van der Waals surface area contributed by atoms with E-state index in [9.17, 15) is 9.59 Å². The van der Waals surface area contributed by atoms with Crippen LogP contribution in [0.4, 0.5) is 4.79 Å². The zero-order chi connectivity index (χ0) is 15.1. The molecule has 0 bridgehead atoms. The number of carbonyl (C=O) groups excluding carboxylic acids is 1. The highest BCUT2D eigenvalue weighted by Crippen LogP contribution is 2.10. The quantitative estimate of drug-likeness (QED) is 0.595. The van der Waals surface area contributed by atoms with Crippen molar-refractivity contribution in [2.45, 2.75) is 31.7 Å². The predicted molar refractivity (Wildman–Crippen MR) is 69.4 cm³/mol. The third-order valence-corrected chi connectivity index (χ3v) is 3.03. The molecule has 1 saturated heterocycles. The molecule has 0 radical (unpaired) electrons. The van der Waals surface area contributed by atoms with Crippen LogP contribution in [0.3, 0.4) is 0 Å². The van der Waals surface area contributed by atoms with E-state index in [-0.39, 0.29) is 37.8 Å². The van der Waals surface area contributed by atoms with Crippen LogP contribution in [0, 0.1) is 0 Å². The molecular weight excluding hydrogens is 268 g/mol. The van der Waals surface area contributed by atoms with E-state index >= 15 is 0 Å². The number of aliphatic hydroxyl groups excluding tert-OH is 1. The number of hydrogen-bond acceptors (Lipinski definition) is 5. The van der Waals surface area contributed by atoms with E-state index in [1.165, 1.54) is 7.11 Å². The first kappa shape index (κ1) is 16.7. The van der Waals surface area contributed by atoms with Crippen molar-refractivity contribution >= 4 is 12.0 Å². The van der Waals surface area contributed by atoms with Gasteiger partial charge in [0.25, 0.3) is 0 Å². The average Bonchev–Trinajstić information content (AvgIpc) is 2.41. The molecular formula is C12H22N2O6. The lowest BCUT2D eigenvalue weighted by Crippen LogP contribution is -2.54. The van der Waals surface area contributed by atoms with Crippen molar-refractivity contribution in [2.24, 2.45) is 0 Å². The molecule has 3 unspecified atom stereocenters. The standard InChI is InChI=1S/C12H22N2O6/c1-8-5-14(6-10(7-15)20-8)12(18)13-4-9(19-2)3-11(16)17/h8-10,15H,3-7H2,1-2H3,(H,13,18)(H,16,17). The van der Waals surface area contributed by atoms with Gasteiger partial charge in [-0.15, -0.1) is 0 Å². The van der Waals surface area contributed by atoms with Gasteiger partial charge in [0.2, 0.25) is 0 Å². The SMILES string of the molecule is COC(CNC(=O)N1CC(C)OC(CO)C1)CC(=O)O. The fraction of sp³-hybridized carbons (Fsp3) is 0.833. The molecule has 1 fully saturated rings. The van der Waals surface area contributed by atoms with Gasteiger partial charge in [-0.2, -0.15) is 0 Å². The zero-order valence-electron chi connectivity index (χ0n) is 11.7. The topological polar surface area (TPSA) is 108 Å². The molecule has 1 heterocycles. The van der Waals surface area contributed by atoms with Crippen LogP contribution in [-0.2, 0) is 14.3 Å². The highest BCUT2D eigenvalue weighted by molar-refractivity contribution is 5.74. The Kier molecular flexibility index (Phi) is 6.69. The molecule has 2 amide bonds. The highest BCUT2D eigenvalue weighted by atomic mass is 16.5. The molecule has 0 aliphatic carbocycles. The van der Waals surface area contributed by atoms with Gasteiger partial charge in [-0.1, -0.05) is 0 Å². The van der Waals surface area contributed by atoms with Gasteiger partial charge in [0.1, 0.15) is 0 Å². The largest absolute Gasteiger partial charge is 0.481 e. The zero-order valence-corrected chi connectivity index (χ0v) is 11.7. The van der Waals surface area contributed by atoms with Crippen molar-refractivity contribution < 1.29 is 29.3 Å². The molecule has 3 atom stereocenters. The molecule has 0 spiro atoms. The Morgan fingerprint density at radius 3 is 2.75 bits per heavy atom. The van der Waals surface area contributed by atoms with E-state index in [0.717, 1.165) is 0 Å². The van der Waals surface area contributed by atoms with E-state index in [0.29, 0.717) is 13.1 Å². The van der Waals surface area contributed by atoms with Gasteiger partial charge in [-0.3, -0.25) is 4.79 Å². The number of morpholine rings is 1. The van der Waals surface area contributed by atoms with Crippen LogP contribution in [0.1, 0.15) is 13.3 Å². The summed E-state index contributed by atoms with van der Waals surface area (Å²) in [6.45, 7) is 2.54. The summed E-state index contributed by atoms with van der Waals surface area (Å²) in [4.78, 5) is 24.1. The highest BCUT2D eigenvalue weighted by Gasteiger charge is 2.28. The summed E-state index contributed by atoms with van der Waals surface area (Å²) < 4.78 is 10.4. The van der Waals surface area contributed by atoms with Gasteiger partial charge >= 0.3 is 12.0 Å². The summed E-state index contributed by atoms with van der Waals surface area (Å²) >= 11 is 0. The number of rotatable bonds is 6. The van der Waals surface area contributed by atoms with Crippen molar-refractivity contribution in [3.05, 3.63) is 0 Å². The Morgan fingerprint density at radius 1 is 1.50 bits per heavy atom. The summed E-state index contributed by atoms with van der Waals surface area (Å²) in [5.41, 5.74) is 0. The first-order valence-electron chi connectivity index (χ1n) is 6.50. The molecule has 1 aliphatic heterocycles. The maximum absolute atomic E-state index is 12.0. The number of carboxylic acid groups (broad SMARTS) is 1. The minimum atomic E-state index is -0.980. The van der Waals surface area contributed by atoms with E-state index in [2.05, 4.69) is 5.32 Å². The number of carboxylic acids is 1. The van der Waals surface area contributed by atoms with Crippen LogP contribution < -0.4 is 5.32 Å². The van der Waals surface area contributed by atoms with E-state index in [1.54, 1.807) is 4.90 Å². The Morgan fingerprint density at radius 2 is 2.20 bits per heavy atom. The smallest absolute Gasteiger partial charge is 0.317 e. The van der Waals surface area contributed by atoms with E-state index < -0.39 is 12.1 Å². The molecule has 0 aromatic rings. The van der Waals surface area contributed by atoms with Crippen LogP contribution >= 0.6 is 0 Å². The van der Waals surface area contributed by atoms with E-state index in [4.69, 9.17) is 19.7 Å². The van der Waals surface area contributed by atoms with Gasteiger partial charge in [-0.05, 0) is 6.92 Å². The number of aliphatic carboxylic acids is 1. The number of nitrogens with zero attached hydrogens (tertiary/aromatic N) is 1. The van der Waals surface area contributed by atoms with Crippen molar-refractivity contribution in [1.82, 2.24) is 10.2 Å². The van der Waals surface area contributed by atoms with Crippen LogP contribution in [0.2, 0.25) is 0 Å². The van der Waals surface area contributed by atoms with Crippen LogP contribution in [-0.4, -0.2) is 78.8 Å². The number of aliphatic hydroxyl groups is 1. The molecule has 20 heavy (non-hydrogen) atoms. The lowest BCUT2D eigenvalue weighted by Gasteiger charge is -2.36. The summed E-state index contributed by atoms with van der Waals surface area (Å²) in [5.74, 6) is -0.980. The molecule has 8 heteroatoms. The number of carbonyl (C=O) groups is 2. The summed E-state index contributed by atoms with van der Waals surface area (Å²) in [6.07, 6.45) is -1.27. The van der Waals surface area contributed by atoms with E-state index in [1.807, 2.05) is 6.92 Å². The summed E-state index contributed by atoms with van der Waals surface area (Å²) in [7, 11) is 1.40. The third kappa shape index (κ3) is 5.32. The third-order valence-electron chi connectivity index (χ3n) is 3.03. The minimum absolute atomic E-state index is 0.122. The molecule has 1 aliphatic rings. The maximum atomic E-state index is 12.0. The number of hydrogen-bond donors (Lipinski definition) is 3. The van der Waals surface area contributed by atoms with Gasteiger partial charge in [-0.25, -0.2) is 4.79 Å². The van der Waals surface area contributed by atoms with Crippen molar-refractivity contribution in [3.63, 3.8) is 0 Å². The molecule has 0 aromatic heterocycles. The van der Waals surface area contributed by atoms with Crippen LogP contribution in [0.5, 0.6) is 0 Å². The second-order valence-corrected chi connectivity index (χ2v) is 4.80. The number of urea groups is 1. The number of nitrogens with one attached hydrogen (secondary N) is 1. The monoisotopic (exact) mass is 290 g/mol. The normalized spacial score (nSPS) is 24.2. The van der Waals surface area contributed by atoms with Crippen LogP contribution in [0.15, 0.2) is 0 Å².